The van der Waals surface area contributed by atoms with Gasteiger partial charge in [-0.3, -0.25) is 9.59 Å². The van der Waals surface area contributed by atoms with Gasteiger partial charge in [0.1, 0.15) is 0 Å². The number of amides is 2. The Labute approximate surface area is 188 Å². The first kappa shape index (κ1) is 20.7. The van der Waals surface area contributed by atoms with E-state index < -0.39 is 0 Å². The zero-order chi connectivity index (χ0) is 22.2. The number of rotatable bonds is 4. The number of carbonyl (C=O) groups is 2. The van der Waals surface area contributed by atoms with Crippen LogP contribution in [0.25, 0.3) is 11.1 Å². The van der Waals surface area contributed by atoms with Crippen LogP contribution in [0, 0.1) is 17.2 Å². The molecule has 6 nitrogen and oxygen atoms in total. The third-order valence-corrected chi connectivity index (χ3v) is 7.41. The third kappa shape index (κ3) is 3.47. The Hall–Kier alpha value is -3.17. The van der Waals surface area contributed by atoms with Crippen molar-refractivity contribution >= 4 is 11.8 Å². The van der Waals surface area contributed by atoms with E-state index >= 15 is 0 Å². The molecule has 0 unspecified atom stereocenters. The zero-order valence-electron chi connectivity index (χ0n) is 18.0. The lowest BCUT2D eigenvalue weighted by Crippen LogP contribution is -2.73. The summed E-state index contributed by atoms with van der Waals surface area (Å²) < 4.78 is 0. The highest BCUT2D eigenvalue weighted by Gasteiger charge is 2.54. The molecule has 1 N–H and O–H groups in total. The average Bonchev–Trinajstić information content (AvgIpc) is 3.35. The molecule has 1 saturated carbocycles. The van der Waals surface area contributed by atoms with E-state index in [1.807, 2.05) is 24.3 Å². The van der Waals surface area contributed by atoms with Crippen molar-refractivity contribution in [1.82, 2.24) is 9.80 Å². The van der Waals surface area contributed by atoms with Crippen molar-refractivity contribution in [1.29, 1.82) is 5.26 Å². The molecule has 5 rings (SSSR count). The number of carbonyl (C=O) groups excluding carboxylic acids is 2. The number of nitrogens with zero attached hydrogens (tertiary/aromatic N) is 3. The van der Waals surface area contributed by atoms with E-state index in [9.17, 15) is 14.7 Å². The van der Waals surface area contributed by atoms with Crippen LogP contribution >= 0.6 is 0 Å². The van der Waals surface area contributed by atoms with Crippen molar-refractivity contribution in [3.05, 3.63) is 59.7 Å². The van der Waals surface area contributed by atoms with E-state index in [2.05, 4.69) is 18.2 Å². The topological polar surface area (TPSA) is 84.6 Å². The lowest BCUT2D eigenvalue weighted by molar-refractivity contribution is -0.168. The molecule has 2 aliphatic heterocycles. The molecule has 3 fully saturated rings. The second kappa shape index (κ2) is 8.40. The molecule has 3 atom stereocenters. The molecule has 0 aromatic heterocycles. The molecule has 2 saturated heterocycles. The number of benzene rings is 2. The molecule has 2 amide bonds. The summed E-state index contributed by atoms with van der Waals surface area (Å²) in [5, 5.41) is 19.0. The normalized spacial score (nSPS) is 25.2. The smallest absolute Gasteiger partial charge is 0.242 e. The summed E-state index contributed by atoms with van der Waals surface area (Å²) in [7, 11) is 0. The summed E-state index contributed by atoms with van der Waals surface area (Å²) in [6.07, 6.45) is 4.04. The van der Waals surface area contributed by atoms with Crippen molar-refractivity contribution in [2.45, 2.75) is 43.7 Å². The Morgan fingerprint density at radius 1 is 1.03 bits per heavy atom. The van der Waals surface area contributed by atoms with Gasteiger partial charge in [0.25, 0.3) is 0 Å². The van der Waals surface area contributed by atoms with Gasteiger partial charge in [0.05, 0.1) is 36.9 Å². The zero-order valence-corrected chi connectivity index (χ0v) is 18.0. The number of fused-ring (bicyclic) bond motifs is 1. The van der Waals surface area contributed by atoms with Crippen LogP contribution in [0.2, 0.25) is 0 Å². The van der Waals surface area contributed by atoms with Crippen LogP contribution in [0.3, 0.4) is 0 Å². The van der Waals surface area contributed by atoms with Gasteiger partial charge in [0.2, 0.25) is 11.8 Å². The number of hydrogen-bond acceptors (Lipinski definition) is 4. The molecule has 2 aromatic carbocycles. The van der Waals surface area contributed by atoms with Crippen LogP contribution in [0.15, 0.2) is 48.5 Å². The quantitative estimate of drug-likeness (QED) is 0.810. The lowest BCUT2D eigenvalue weighted by Gasteiger charge is -2.59. The second-order valence-corrected chi connectivity index (χ2v) is 9.16. The Morgan fingerprint density at radius 2 is 1.66 bits per heavy atom. The van der Waals surface area contributed by atoms with Crippen LogP contribution in [-0.2, 0) is 9.59 Å². The van der Waals surface area contributed by atoms with Crippen molar-refractivity contribution in [3.63, 3.8) is 0 Å². The molecule has 32 heavy (non-hydrogen) atoms. The minimum absolute atomic E-state index is 0.0122. The third-order valence-electron chi connectivity index (χ3n) is 7.41. The fraction of sp³-hybridized carbons (Fsp3) is 0.423. The van der Waals surface area contributed by atoms with Gasteiger partial charge in [0.15, 0.2) is 0 Å². The first-order valence-electron chi connectivity index (χ1n) is 11.4. The fourth-order valence-corrected chi connectivity index (χ4v) is 5.73. The van der Waals surface area contributed by atoms with Gasteiger partial charge in [-0.15, -0.1) is 0 Å². The van der Waals surface area contributed by atoms with Crippen LogP contribution in [-0.4, -0.2) is 58.5 Å². The van der Waals surface area contributed by atoms with Gasteiger partial charge in [-0.2, -0.15) is 5.26 Å². The highest BCUT2D eigenvalue weighted by molar-refractivity contribution is 5.88. The van der Waals surface area contributed by atoms with Crippen LogP contribution in [0.1, 0.15) is 42.7 Å². The molecular weight excluding hydrogens is 402 g/mol. The minimum atomic E-state index is -0.239. The lowest BCUT2D eigenvalue weighted by atomic mass is 9.73. The van der Waals surface area contributed by atoms with Crippen molar-refractivity contribution in [2.24, 2.45) is 5.92 Å². The summed E-state index contributed by atoms with van der Waals surface area (Å²) in [5.41, 5.74) is 3.79. The molecular formula is C26H27N3O3. The molecule has 0 radical (unpaired) electrons. The Bertz CT molecular complexity index is 1050. The van der Waals surface area contributed by atoms with Crippen molar-refractivity contribution in [2.75, 3.05) is 19.7 Å². The van der Waals surface area contributed by atoms with E-state index in [1.165, 1.54) is 0 Å². The van der Waals surface area contributed by atoms with Crippen LogP contribution in [0.4, 0.5) is 0 Å². The maximum atomic E-state index is 12.9. The summed E-state index contributed by atoms with van der Waals surface area (Å²) in [6.45, 7) is 0.590. The Balaban J connectivity index is 1.35. The monoisotopic (exact) mass is 429 g/mol. The van der Waals surface area contributed by atoms with Gasteiger partial charge in [-0.05, 0) is 41.7 Å². The highest BCUT2D eigenvalue weighted by Crippen LogP contribution is 2.43. The van der Waals surface area contributed by atoms with Gasteiger partial charge >= 0.3 is 0 Å². The van der Waals surface area contributed by atoms with Gasteiger partial charge in [-0.1, -0.05) is 49.2 Å². The number of nitriles is 1. The summed E-state index contributed by atoms with van der Waals surface area (Å²) in [6, 6.07) is 17.5. The van der Waals surface area contributed by atoms with E-state index in [0.29, 0.717) is 12.1 Å². The molecule has 1 aliphatic carbocycles. The highest BCUT2D eigenvalue weighted by atomic mass is 16.3. The number of piperazine rings is 1. The second-order valence-electron chi connectivity index (χ2n) is 9.16. The fourth-order valence-electron chi connectivity index (χ4n) is 5.73. The standard InChI is InChI=1S/C26H27N3O3/c27-13-17-5-7-18(8-6-17)19-9-11-20(12-10-19)25-22-14-28(26(32)21-3-1-2-4-21)15-24(31)29(22)23(25)16-30/h5-12,21-23,25,30H,1-4,14-16H2/t22-,23+,25+/m1/s1. The van der Waals surface area contributed by atoms with Gasteiger partial charge < -0.3 is 14.9 Å². The van der Waals surface area contributed by atoms with E-state index in [1.54, 1.807) is 21.9 Å². The van der Waals surface area contributed by atoms with E-state index in [0.717, 1.165) is 42.4 Å². The Kier molecular flexibility index (Phi) is 5.44. The van der Waals surface area contributed by atoms with Gasteiger partial charge in [-0.25, -0.2) is 0 Å². The summed E-state index contributed by atoms with van der Waals surface area (Å²) in [4.78, 5) is 29.3. The average molecular weight is 430 g/mol. The molecule has 3 aliphatic rings. The summed E-state index contributed by atoms with van der Waals surface area (Å²) in [5.74, 6) is 0.140. The predicted octanol–water partition coefficient (Wildman–Crippen LogP) is 2.91. The van der Waals surface area contributed by atoms with Gasteiger partial charge in [0, 0.05) is 18.4 Å². The van der Waals surface area contributed by atoms with Crippen molar-refractivity contribution < 1.29 is 14.7 Å². The minimum Gasteiger partial charge on any atom is -0.394 e. The summed E-state index contributed by atoms with van der Waals surface area (Å²) >= 11 is 0. The molecule has 2 aromatic rings. The van der Waals surface area contributed by atoms with Crippen molar-refractivity contribution in [3.8, 4) is 17.2 Å². The molecule has 2 heterocycles. The number of hydrogen-bond donors (Lipinski definition) is 1. The maximum Gasteiger partial charge on any atom is 0.242 e. The largest absolute Gasteiger partial charge is 0.394 e. The van der Waals surface area contributed by atoms with Crippen LogP contribution < -0.4 is 0 Å². The molecule has 164 valence electrons. The molecule has 0 bridgehead atoms. The molecule has 6 heteroatoms. The first-order valence-corrected chi connectivity index (χ1v) is 11.4. The number of aliphatic hydroxyl groups is 1. The maximum absolute atomic E-state index is 12.9. The number of aliphatic hydroxyl groups excluding tert-OH is 1. The van der Waals surface area contributed by atoms with Crippen LogP contribution in [0.5, 0.6) is 0 Å². The predicted molar refractivity (Wildman–Crippen MR) is 119 cm³/mol. The molecule has 0 spiro atoms. The van der Waals surface area contributed by atoms with E-state index in [-0.39, 0.29) is 48.9 Å². The SMILES string of the molecule is N#Cc1ccc(-c2ccc([C@H]3[C@H]4CN(C(=O)C5CCCC5)CC(=O)N4[C@H]3CO)cc2)cc1. The first-order chi connectivity index (χ1) is 15.6. The van der Waals surface area contributed by atoms with E-state index in [4.69, 9.17) is 5.26 Å². The Morgan fingerprint density at radius 3 is 2.25 bits per heavy atom.